The van der Waals surface area contributed by atoms with E-state index in [9.17, 15) is 5.11 Å². The Morgan fingerprint density at radius 3 is 2.81 bits per heavy atom. The molecule has 0 aromatic rings. The van der Waals surface area contributed by atoms with Gasteiger partial charge in [-0.3, -0.25) is 0 Å². The second-order valence-electron chi connectivity index (χ2n) is 6.43. The molecule has 2 nitrogen and oxygen atoms in total. The van der Waals surface area contributed by atoms with E-state index in [2.05, 4.69) is 13.5 Å². The van der Waals surface area contributed by atoms with Crippen LogP contribution in [0.15, 0.2) is 12.2 Å². The molecule has 5 atom stereocenters. The Balaban J connectivity index is 1.78. The second-order valence-corrected chi connectivity index (χ2v) is 6.43. The van der Waals surface area contributed by atoms with Crippen LogP contribution in [0.3, 0.4) is 0 Å². The van der Waals surface area contributed by atoms with Crippen LogP contribution in [-0.4, -0.2) is 22.4 Å². The highest BCUT2D eigenvalue weighted by molar-refractivity contribution is 5.17. The fourth-order valence-corrected chi connectivity index (χ4v) is 3.77. The molecular formula is C14H22O2. The van der Waals surface area contributed by atoms with E-state index in [0.29, 0.717) is 17.9 Å². The Morgan fingerprint density at radius 1 is 1.38 bits per heavy atom. The first-order valence-corrected chi connectivity index (χ1v) is 6.50. The van der Waals surface area contributed by atoms with Crippen LogP contribution in [0, 0.1) is 11.8 Å². The summed E-state index contributed by atoms with van der Waals surface area (Å²) in [7, 11) is 0. The summed E-state index contributed by atoms with van der Waals surface area (Å²) in [5.41, 5.74) is 0.996. The maximum absolute atomic E-state index is 10.2. The van der Waals surface area contributed by atoms with E-state index in [1.807, 2.05) is 6.92 Å². The van der Waals surface area contributed by atoms with E-state index in [-0.39, 0.29) is 5.60 Å². The third-order valence-corrected chi connectivity index (χ3v) is 5.16. The van der Waals surface area contributed by atoms with E-state index in [0.717, 1.165) is 32.1 Å². The van der Waals surface area contributed by atoms with Crippen molar-refractivity contribution in [2.45, 2.75) is 63.3 Å². The van der Waals surface area contributed by atoms with Gasteiger partial charge in [-0.05, 0) is 57.8 Å². The lowest BCUT2D eigenvalue weighted by Gasteiger charge is -2.51. The maximum atomic E-state index is 10.2. The van der Waals surface area contributed by atoms with Gasteiger partial charge in [-0.15, -0.1) is 0 Å². The molecule has 0 aromatic carbocycles. The van der Waals surface area contributed by atoms with Gasteiger partial charge in [0.1, 0.15) is 0 Å². The van der Waals surface area contributed by atoms with Crippen molar-refractivity contribution in [1.29, 1.82) is 0 Å². The van der Waals surface area contributed by atoms with Crippen molar-refractivity contribution in [3.8, 4) is 0 Å². The van der Waals surface area contributed by atoms with Gasteiger partial charge in [0.2, 0.25) is 0 Å². The average Bonchev–Trinajstić information content (AvgIpc) is 2.82. The molecule has 3 fully saturated rings. The lowest BCUT2D eigenvalue weighted by molar-refractivity contribution is -0.117. The minimum absolute atomic E-state index is 0.112. The van der Waals surface area contributed by atoms with Crippen LogP contribution < -0.4 is 0 Å². The molecule has 0 bridgehead atoms. The standard InChI is InChI=1S/C14H22O2/c1-9-4-5-12-14(3,16-12)7-6-11-10(9)8-13(11,2)15/h10-12,15H,1,4-8H2,2-3H3/t10-,11?,12?,13-,14-/m0/s1. The third-order valence-electron chi connectivity index (χ3n) is 5.16. The second kappa shape index (κ2) is 3.11. The van der Waals surface area contributed by atoms with Crippen LogP contribution in [0.2, 0.25) is 0 Å². The minimum Gasteiger partial charge on any atom is -0.390 e. The third kappa shape index (κ3) is 1.46. The van der Waals surface area contributed by atoms with Gasteiger partial charge in [0.25, 0.3) is 0 Å². The number of ether oxygens (including phenoxy) is 1. The monoisotopic (exact) mass is 222 g/mol. The normalized spacial score (nSPS) is 56.2. The minimum atomic E-state index is -0.460. The van der Waals surface area contributed by atoms with Crippen LogP contribution in [0.1, 0.15) is 46.0 Å². The molecule has 1 saturated heterocycles. The summed E-state index contributed by atoms with van der Waals surface area (Å²) in [6, 6.07) is 0. The summed E-state index contributed by atoms with van der Waals surface area (Å²) in [4.78, 5) is 0. The molecule has 1 heterocycles. The molecule has 0 amide bonds. The number of rotatable bonds is 0. The number of hydrogen-bond acceptors (Lipinski definition) is 2. The Kier molecular flexibility index (Phi) is 2.10. The Hall–Kier alpha value is -0.340. The van der Waals surface area contributed by atoms with E-state index in [1.54, 1.807) is 0 Å². The fourth-order valence-electron chi connectivity index (χ4n) is 3.77. The van der Waals surface area contributed by atoms with Crippen LogP contribution in [0.25, 0.3) is 0 Å². The van der Waals surface area contributed by atoms with Crippen LogP contribution in [0.5, 0.6) is 0 Å². The maximum Gasteiger partial charge on any atom is 0.0920 e. The number of hydrogen-bond donors (Lipinski definition) is 1. The first-order valence-electron chi connectivity index (χ1n) is 6.50. The largest absolute Gasteiger partial charge is 0.390 e. The summed E-state index contributed by atoms with van der Waals surface area (Å²) in [6.07, 6.45) is 5.76. The van der Waals surface area contributed by atoms with Crippen LogP contribution >= 0.6 is 0 Å². The van der Waals surface area contributed by atoms with Crippen molar-refractivity contribution >= 4 is 0 Å². The quantitative estimate of drug-likeness (QED) is 0.505. The highest BCUT2D eigenvalue weighted by Crippen LogP contribution is 2.55. The lowest BCUT2D eigenvalue weighted by atomic mass is 9.58. The Morgan fingerprint density at radius 2 is 2.12 bits per heavy atom. The highest BCUT2D eigenvalue weighted by atomic mass is 16.6. The number of fused-ring (bicyclic) bond motifs is 2. The first-order chi connectivity index (χ1) is 7.42. The van der Waals surface area contributed by atoms with Gasteiger partial charge in [-0.2, -0.15) is 0 Å². The molecular weight excluding hydrogens is 200 g/mol. The predicted octanol–water partition coefficient (Wildman–Crippen LogP) is 2.66. The molecule has 0 spiro atoms. The molecule has 16 heavy (non-hydrogen) atoms. The van der Waals surface area contributed by atoms with E-state index < -0.39 is 5.60 Å². The summed E-state index contributed by atoms with van der Waals surface area (Å²) >= 11 is 0. The van der Waals surface area contributed by atoms with Crippen molar-refractivity contribution in [2.75, 3.05) is 0 Å². The predicted molar refractivity (Wildman–Crippen MR) is 63.1 cm³/mol. The van der Waals surface area contributed by atoms with Crippen LogP contribution in [0.4, 0.5) is 0 Å². The van der Waals surface area contributed by atoms with Crippen LogP contribution in [-0.2, 0) is 4.74 Å². The number of aliphatic hydroxyl groups is 1. The van der Waals surface area contributed by atoms with Crippen molar-refractivity contribution in [2.24, 2.45) is 11.8 Å². The molecule has 3 aliphatic rings. The van der Waals surface area contributed by atoms with Gasteiger partial charge < -0.3 is 9.84 Å². The molecule has 3 rings (SSSR count). The number of allylic oxidation sites excluding steroid dienone is 1. The molecule has 0 radical (unpaired) electrons. The average molecular weight is 222 g/mol. The van der Waals surface area contributed by atoms with Gasteiger partial charge in [-0.25, -0.2) is 0 Å². The zero-order valence-electron chi connectivity index (χ0n) is 10.3. The van der Waals surface area contributed by atoms with E-state index in [1.165, 1.54) is 5.57 Å². The van der Waals surface area contributed by atoms with Crippen molar-refractivity contribution in [3.63, 3.8) is 0 Å². The fraction of sp³-hybridized carbons (Fsp3) is 0.857. The summed E-state index contributed by atoms with van der Waals surface area (Å²) in [6.45, 7) is 8.41. The number of epoxide rings is 1. The molecule has 2 saturated carbocycles. The lowest BCUT2D eigenvalue weighted by Crippen LogP contribution is -2.52. The van der Waals surface area contributed by atoms with E-state index >= 15 is 0 Å². The molecule has 1 N–H and O–H groups in total. The van der Waals surface area contributed by atoms with Crippen molar-refractivity contribution < 1.29 is 9.84 Å². The van der Waals surface area contributed by atoms with Gasteiger partial charge in [0.15, 0.2) is 0 Å². The summed E-state index contributed by atoms with van der Waals surface area (Å²) in [5, 5.41) is 10.2. The van der Waals surface area contributed by atoms with Gasteiger partial charge in [0, 0.05) is 0 Å². The van der Waals surface area contributed by atoms with Gasteiger partial charge in [0.05, 0.1) is 17.3 Å². The highest BCUT2D eigenvalue weighted by Gasteiger charge is 2.56. The van der Waals surface area contributed by atoms with Crippen molar-refractivity contribution in [3.05, 3.63) is 12.2 Å². The molecule has 1 aliphatic heterocycles. The zero-order chi connectivity index (χ0) is 11.6. The Bertz CT molecular complexity index is 334. The molecule has 90 valence electrons. The first kappa shape index (κ1) is 10.8. The van der Waals surface area contributed by atoms with Gasteiger partial charge in [-0.1, -0.05) is 12.2 Å². The molecule has 2 unspecified atom stereocenters. The van der Waals surface area contributed by atoms with Crippen molar-refractivity contribution in [1.82, 2.24) is 0 Å². The summed E-state index contributed by atoms with van der Waals surface area (Å²) < 4.78 is 5.78. The SMILES string of the molecule is C=C1CCC2O[C@@]2(C)CCC2[C@H]1C[C@]2(C)O. The molecule has 2 aliphatic carbocycles. The smallest absolute Gasteiger partial charge is 0.0920 e. The molecule has 2 heteroatoms. The Labute approximate surface area is 97.7 Å². The molecule has 0 aromatic heterocycles. The summed E-state index contributed by atoms with van der Waals surface area (Å²) in [5.74, 6) is 0.982. The zero-order valence-corrected chi connectivity index (χ0v) is 10.3. The topological polar surface area (TPSA) is 32.8 Å². The van der Waals surface area contributed by atoms with E-state index in [4.69, 9.17) is 4.74 Å². The van der Waals surface area contributed by atoms with Gasteiger partial charge >= 0.3 is 0 Å².